The molecule has 0 aromatic heterocycles. The first kappa shape index (κ1) is 16.5. The first-order valence-corrected chi connectivity index (χ1v) is 7.62. The van der Waals surface area contributed by atoms with Crippen molar-refractivity contribution in [1.29, 1.82) is 0 Å². The molecule has 5 nitrogen and oxygen atoms in total. The Balaban J connectivity index is 2.75. The van der Waals surface area contributed by atoms with Gasteiger partial charge in [-0.3, -0.25) is 4.79 Å². The van der Waals surface area contributed by atoms with Crippen molar-refractivity contribution in [3.63, 3.8) is 0 Å². The molecular weight excluding hydrogens is 290 g/mol. The summed E-state index contributed by atoms with van der Waals surface area (Å²) in [6.45, 7) is 3.03. The van der Waals surface area contributed by atoms with Crippen LogP contribution in [0.3, 0.4) is 0 Å². The second-order valence-electron chi connectivity index (χ2n) is 5.04. The fraction of sp³-hybridized carbons (Fsp3) is 0.417. The van der Waals surface area contributed by atoms with Gasteiger partial charge >= 0.3 is 0 Å². The average Bonchev–Trinajstić information content (AvgIpc) is 2.27. The lowest BCUT2D eigenvalue weighted by atomic mass is 10.1. The smallest absolute Gasteiger partial charge is 0.254 e. The SMILES string of the molecule is CC(C)(CNC(=O)c1cccc(F)c1F)NS(C)(=O)=O. The van der Waals surface area contributed by atoms with Crippen molar-refractivity contribution in [2.75, 3.05) is 12.8 Å². The Labute approximate surface area is 116 Å². The van der Waals surface area contributed by atoms with Crippen LogP contribution in [0.5, 0.6) is 0 Å². The van der Waals surface area contributed by atoms with E-state index < -0.39 is 38.7 Å². The molecule has 2 N–H and O–H groups in total. The van der Waals surface area contributed by atoms with Crippen LogP contribution >= 0.6 is 0 Å². The fourth-order valence-electron chi connectivity index (χ4n) is 1.61. The summed E-state index contributed by atoms with van der Waals surface area (Å²) < 4.78 is 51.0. The number of carbonyl (C=O) groups is 1. The third kappa shape index (κ3) is 4.86. The Morgan fingerprint density at radius 3 is 2.45 bits per heavy atom. The van der Waals surface area contributed by atoms with Gasteiger partial charge in [-0.25, -0.2) is 21.9 Å². The van der Waals surface area contributed by atoms with E-state index in [4.69, 9.17) is 0 Å². The Morgan fingerprint density at radius 2 is 1.90 bits per heavy atom. The summed E-state index contributed by atoms with van der Waals surface area (Å²) >= 11 is 0. The highest BCUT2D eigenvalue weighted by atomic mass is 32.2. The Hall–Kier alpha value is -1.54. The molecule has 1 aromatic rings. The molecular formula is C12H16F2N2O3S. The van der Waals surface area contributed by atoms with Crippen LogP contribution in [0.4, 0.5) is 8.78 Å². The van der Waals surface area contributed by atoms with E-state index in [0.29, 0.717) is 0 Å². The highest BCUT2D eigenvalue weighted by Gasteiger charge is 2.24. The Bertz CT molecular complexity index is 615. The molecule has 0 radical (unpaired) electrons. The highest BCUT2D eigenvalue weighted by Crippen LogP contribution is 2.11. The van der Waals surface area contributed by atoms with Crippen LogP contribution in [-0.4, -0.2) is 32.7 Å². The summed E-state index contributed by atoms with van der Waals surface area (Å²) in [5, 5.41) is 2.36. The lowest BCUT2D eigenvalue weighted by molar-refractivity contribution is 0.0939. The number of sulfonamides is 1. The zero-order valence-corrected chi connectivity index (χ0v) is 12.1. The van der Waals surface area contributed by atoms with Crippen molar-refractivity contribution < 1.29 is 22.0 Å². The van der Waals surface area contributed by atoms with Gasteiger partial charge in [-0.05, 0) is 26.0 Å². The van der Waals surface area contributed by atoms with Gasteiger partial charge in [0.15, 0.2) is 11.6 Å². The van der Waals surface area contributed by atoms with Crippen molar-refractivity contribution in [3.8, 4) is 0 Å². The molecule has 1 aromatic carbocycles. The van der Waals surface area contributed by atoms with Gasteiger partial charge in [-0.2, -0.15) is 0 Å². The molecule has 1 rings (SSSR count). The second kappa shape index (κ2) is 5.84. The van der Waals surface area contributed by atoms with Gasteiger partial charge in [0.05, 0.1) is 11.8 Å². The van der Waals surface area contributed by atoms with Crippen molar-refractivity contribution in [2.24, 2.45) is 0 Å². The molecule has 0 saturated heterocycles. The van der Waals surface area contributed by atoms with Crippen LogP contribution < -0.4 is 10.0 Å². The van der Waals surface area contributed by atoms with E-state index in [9.17, 15) is 22.0 Å². The largest absolute Gasteiger partial charge is 0.350 e. The summed E-state index contributed by atoms with van der Waals surface area (Å²) in [7, 11) is -3.44. The summed E-state index contributed by atoms with van der Waals surface area (Å²) in [4.78, 5) is 11.7. The van der Waals surface area contributed by atoms with Crippen LogP contribution in [0.1, 0.15) is 24.2 Å². The minimum atomic E-state index is -3.44. The molecule has 0 heterocycles. The number of halogens is 2. The minimum Gasteiger partial charge on any atom is -0.350 e. The molecule has 1 amide bonds. The lowest BCUT2D eigenvalue weighted by Gasteiger charge is -2.25. The zero-order valence-electron chi connectivity index (χ0n) is 11.3. The maximum atomic E-state index is 13.4. The summed E-state index contributed by atoms with van der Waals surface area (Å²) in [6, 6.07) is 3.26. The summed E-state index contributed by atoms with van der Waals surface area (Å²) in [6.07, 6.45) is 0.989. The van der Waals surface area contributed by atoms with E-state index in [2.05, 4.69) is 10.0 Å². The number of hydrogen-bond acceptors (Lipinski definition) is 3. The molecule has 0 aliphatic rings. The quantitative estimate of drug-likeness (QED) is 0.853. The van der Waals surface area contributed by atoms with E-state index in [1.807, 2.05) is 0 Å². The molecule has 20 heavy (non-hydrogen) atoms. The van der Waals surface area contributed by atoms with Gasteiger partial charge in [-0.15, -0.1) is 0 Å². The second-order valence-corrected chi connectivity index (χ2v) is 6.79. The molecule has 0 fully saturated rings. The lowest BCUT2D eigenvalue weighted by Crippen LogP contribution is -2.51. The fourth-order valence-corrected chi connectivity index (χ4v) is 2.69. The van der Waals surface area contributed by atoms with Crippen LogP contribution in [0.15, 0.2) is 18.2 Å². The van der Waals surface area contributed by atoms with Gasteiger partial charge < -0.3 is 5.32 Å². The molecule has 8 heteroatoms. The van der Waals surface area contributed by atoms with Gasteiger partial charge in [0.1, 0.15) is 0 Å². The normalized spacial score (nSPS) is 12.2. The maximum Gasteiger partial charge on any atom is 0.254 e. The van der Waals surface area contributed by atoms with E-state index in [-0.39, 0.29) is 6.54 Å². The first-order chi connectivity index (χ1) is 9.02. The summed E-state index contributed by atoms with van der Waals surface area (Å²) in [5.74, 6) is -3.17. The first-order valence-electron chi connectivity index (χ1n) is 5.73. The standard InChI is InChI=1S/C12H16F2N2O3S/c1-12(2,16-20(3,18)19)7-15-11(17)8-5-4-6-9(13)10(8)14/h4-6,16H,7H2,1-3H3,(H,15,17). The molecule has 0 saturated carbocycles. The molecule has 0 aliphatic carbocycles. The van der Waals surface area contributed by atoms with Crippen LogP contribution in [0.25, 0.3) is 0 Å². The van der Waals surface area contributed by atoms with Crippen LogP contribution in [0, 0.1) is 11.6 Å². The number of carbonyl (C=O) groups excluding carboxylic acids is 1. The molecule has 0 bridgehead atoms. The predicted molar refractivity (Wildman–Crippen MR) is 70.7 cm³/mol. The number of amides is 1. The summed E-state index contributed by atoms with van der Waals surface area (Å²) in [5.41, 5.74) is -1.38. The number of hydrogen-bond donors (Lipinski definition) is 2. The molecule has 0 unspecified atom stereocenters. The van der Waals surface area contributed by atoms with E-state index in [1.54, 1.807) is 13.8 Å². The van der Waals surface area contributed by atoms with Gasteiger partial charge in [0, 0.05) is 12.1 Å². The van der Waals surface area contributed by atoms with Gasteiger partial charge in [0.25, 0.3) is 5.91 Å². The third-order valence-corrected chi connectivity index (χ3v) is 3.27. The average molecular weight is 306 g/mol. The maximum absolute atomic E-state index is 13.4. The van der Waals surface area contributed by atoms with Gasteiger partial charge in [-0.1, -0.05) is 6.07 Å². The van der Waals surface area contributed by atoms with E-state index >= 15 is 0 Å². The van der Waals surface area contributed by atoms with Crippen LogP contribution in [0.2, 0.25) is 0 Å². The van der Waals surface area contributed by atoms with Crippen molar-refractivity contribution >= 4 is 15.9 Å². The monoisotopic (exact) mass is 306 g/mol. The predicted octanol–water partition coefficient (Wildman–Crippen LogP) is 1.02. The molecule has 0 aliphatic heterocycles. The minimum absolute atomic E-state index is 0.0745. The van der Waals surface area contributed by atoms with Crippen molar-refractivity contribution in [1.82, 2.24) is 10.0 Å². The topological polar surface area (TPSA) is 75.3 Å². The number of benzene rings is 1. The van der Waals surface area contributed by atoms with E-state index in [0.717, 1.165) is 18.4 Å². The third-order valence-electron chi connectivity index (χ3n) is 2.35. The van der Waals surface area contributed by atoms with Crippen molar-refractivity contribution in [2.45, 2.75) is 19.4 Å². The zero-order chi connectivity index (χ0) is 15.6. The van der Waals surface area contributed by atoms with Crippen molar-refractivity contribution in [3.05, 3.63) is 35.4 Å². The number of rotatable bonds is 5. The van der Waals surface area contributed by atoms with Gasteiger partial charge in [0.2, 0.25) is 10.0 Å². The molecule has 0 atom stereocenters. The highest BCUT2D eigenvalue weighted by molar-refractivity contribution is 7.88. The van der Waals surface area contributed by atoms with E-state index in [1.165, 1.54) is 6.07 Å². The van der Waals surface area contributed by atoms with Crippen LogP contribution in [-0.2, 0) is 10.0 Å². The number of nitrogens with one attached hydrogen (secondary N) is 2. The Morgan fingerprint density at radius 1 is 1.30 bits per heavy atom. The molecule has 0 spiro atoms. The molecule has 112 valence electrons. The Kier molecular flexibility index (Phi) is 4.82.